The number of para-hydroxylation sites is 2. The van der Waals surface area contributed by atoms with E-state index >= 15 is 0 Å². The minimum absolute atomic E-state index is 0.358. The van der Waals surface area contributed by atoms with Crippen LogP contribution in [0.4, 0.5) is 11.6 Å². The minimum atomic E-state index is 0.358. The molecule has 2 aromatic carbocycles. The molecule has 0 saturated heterocycles. The summed E-state index contributed by atoms with van der Waals surface area (Å²) in [5.41, 5.74) is 3.59. The molecular weight excluding hydrogens is 444 g/mol. The third-order valence-corrected chi connectivity index (χ3v) is 4.84. The second-order valence-corrected chi connectivity index (χ2v) is 7.83. The SMILES string of the molecule is COc1ccccc1NC(=S)NC(=NCCc1ccc(Cl)cc1)Nc1nc(C)cc(C)n1. The number of hydrogen-bond acceptors (Lipinski definition) is 5. The molecule has 0 bridgehead atoms. The topological polar surface area (TPSA) is 83.5 Å². The molecule has 0 radical (unpaired) electrons. The van der Waals surface area contributed by atoms with Gasteiger partial charge in [0.15, 0.2) is 5.11 Å². The van der Waals surface area contributed by atoms with Gasteiger partial charge in [0.25, 0.3) is 0 Å². The molecule has 0 aliphatic heterocycles. The zero-order chi connectivity index (χ0) is 22.9. The highest BCUT2D eigenvalue weighted by Crippen LogP contribution is 2.22. The van der Waals surface area contributed by atoms with E-state index in [-0.39, 0.29) is 0 Å². The number of nitrogens with zero attached hydrogens (tertiary/aromatic N) is 3. The first kappa shape index (κ1) is 23.4. The molecule has 3 N–H and O–H groups in total. The van der Waals surface area contributed by atoms with Crippen molar-refractivity contribution >= 4 is 46.5 Å². The number of aliphatic imine (C=N–C) groups is 1. The van der Waals surface area contributed by atoms with Gasteiger partial charge in [0, 0.05) is 23.0 Å². The Balaban J connectivity index is 1.73. The van der Waals surface area contributed by atoms with E-state index in [4.69, 9.17) is 28.6 Å². The monoisotopic (exact) mass is 468 g/mol. The van der Waals surface area contributed by atoms with E-state index in [1.807, 2.05) is 68.4 Å². The Labute approximate surface area is 198 Å². The van der Waals surface area contributed by atoms with Gasteiger partial charge in [-0.05, 0) is 68.4 Å². The Kier molecular flexibility index (Phi) is 8.35. The van der Waals surface area contributed by atoms with Gasteiger partial charge in [-0.2, -0.15) is 0 Å². The molecule has 166 valence electrons. The molecule has 0 aliphatic carbocycles. The average Bonchev–Trinajstić information content (AvgIpc) is 2.74. The van der Waals surface area contributed by atoms with Gasteiger partial charge in [0.05, 0.1) is 12.8 Å². The van der Waals surface area contributed by atoms with Gasteiger partial charge in [-0.3, -0.25) is 10.3 Å². The fourth-order valence-electron chi connectivity index (χ4n) is 2.95. The van der Waals surface area contributed by atoms with Gasteiger partial charge in [-0.1, -0.05) is 35.9 Å². The van der Waals surface area contributed by atoms with Crippen LogP contribution in [-0.4, -0.2) is 34.7 Å². The van der Waals surface area contributed by atoms with Crippen molar-refractivity contribution in [1.82, 2.24) is 15.3 Å². The van der Waals surface area contributed by atoms with Crippen molar-refractivity contribution in [2.24, 2.45) is 4.99 Å². The first-order valence-electron chi connectivity index (χ1n) is 10.0. The van der Waals surface area contributed by atoms with E-state index in [2.05, 4.69) is 30.9 Å². The number of guanidine groups is 1. The smallest absolute Gasteiger partial charge is 0.229 e. The third kappa shape index (κ3) is 7.18. The van der Waals surface area contributed by atoms with Gasteiger partial charge in [0.1, 0.15) is 5.75 Å². The van der Waals surface area contributed by atoms with Crippen LogP contribution in [0.1, 0.15) is 17.0 Å². The Hall–Kier alpha value is -3.23. The molecule has 0 saturated carbocycles. The van der Waals surface area contributed by atoms with E-state index in [1.54, 1.807) is 7.11 Å². The third-order valence-electron chi connectivity index (χ3n) is 4.38. The number of aromatic nitrogens is 2. The Morgan fingerprint density at radius 2 is 1.72 bits per heavy atom. The Morgan fingerprint density at radius 3 is 2.41 bits per heavy atom. The quantitative estimate of drug-likeness (QED) is 0.273. The van der Waals surface area contributed by atoms with Crippen LogP contribution < -0.4 is 20.7 Å². The van der Waals surface area contributed by atoms with Crippen LogP contribution in [0.5, 0.6) is 5.75 Å². The predicted octanol–water partition coefficient (Wildman–Crippen LogP) is 4.75. The summed E-state index contributed by atoms with van der Waals surface area (Å²) in [5.74, 6) is 1.57. The highest BCUT2D eigenvalue weighted by Gasteiger charge is 2.09. The van der Waals surface area contributed by atoms with E-state index in [1.165, 1.54) is 0 Å². The molecule has 3 rings (SSSR count). The molecular formula is C23H25ClN6OS. The van der Waals surface area contributed by atoms with Crippen molar-refractivity contribution in [2.75, 3.05) is 24.3 Å². The zero-order valence-electron chi connectivity index (χ0n) is 18.1. The predicted molar refractivity (Wildman–Crippen MR) is 135 cm³/mol. The zero-order valence-corrected chi connectivity index (χ0v) is 19.7. The lowest BCUT2D eigenvalue weighted by Crippen LogP contribution is -2.39. The number of ether oxygens (including phenoxy) is 1. The van der Waals surface area contributed by atoms with Gasteiger partial charge >= 0.3 is 0 Å². The largest absolute Gasteiger partial charge is 0.495 e. The maximum Gasteiger partial charge on any atom is 0.229 e. The number of thiocarbonyl (C=S) groups is 1. The molecule has 0 atom stereocenters. The average molecular weight is 469 g/mol. The summed E-state index contributed by atoms with van der Waals surface area (Å²) in [6.45, 7) is 4.36. The summed E-state index contributed by atoms with van der Waals surface area (Å²) in [4.78, 5) is 13.5. The lowest BCUT2D eigenvalue weighted by atomic mass is 10.1. The molecule has 0 amide bonds. The highest BCUT2D eigenvalue weighted by atomic mass is 35.5. The van der Waals surface area contributed by atoms with E-state index in [0.717, 1.165) is 29.1 Å². The van der Waals surface area contributed by atoms with Crippen LogP contribution in [0.15, 0.2) is 59.6 Å². The van der Waals surface area contributed by atoms with Crippen molar-refractivity contribution in [1.29, 1.82) is 0 Å². The number of methoxy groups -OCH3 is 1. The van der Waals surface area contributed by atoms with Crippen LogP contribution in [0.2, 0.25) is 5.02 Å². The van der Waals surface area contributed by atoms with Crippen molar-refractivity contribution in [3.63, 3.8) is 0 Å². The Morgan fingerprint density at radius 1 is 1.03 bits per heavy atom. The molecule has 0 aliphatic rings. The van der Waals surface area contributed by atoms with Crippen LogP contribution in [0, 0.1) is 13.8 Å². The number of hydrogen-bond donors (Lipinski definition) is 3. The fourth-order valence-corrected chi connectivity index (χ4v) is 3.29. The van der Waals surface area contributed by atoms with Crippen LogP contribution >= 0.6 is 23.8 Å². The van der Waals surface area contributed by atoms with E-state index < -0.39 is 0 Å². The standard InChI is InChI=1S/C23H25ClN6OS/c1-15-14-16(2)27-22(26-15)29-21(25-13-12-17-8-10-18(24)11-9-17)30-23(32)28-19-6-4-5-7-20(19)31-3/h4-11,14H,12-13H2,1-3H3,(H3,25,26,27,28,29,30,32). The Bertz CT molecular complexity index is 1080. The number of nitrogens with one attached hydrogen (secondary N) is 3. The molecule has 1 aromatic heterocycles. The van der Waals surface area contributed by atoms with Crippen molar-refractivity contribution in [3.8, 4) is 5.75 Å². The van der Waals surface area contributed by atoms with Crippen LogP contribution in [0.3, 0.4) is 0 Å². The van der Waals surface area contributed by atoms with Gasteiger partial charge in [0.2, 0.25) is 11.9 Å². The van der Waals surface area contributed by atoms with Crippen LogP contribution in [-0.2, 0) is 6.42 Å². The van der Waals surface area contributed by atoms with E-state index in [0.29, 0.717) is 34.3 Å². The van der Waals surface area contributed by atoms with Crippen molar-refractivity contribution < 1.29 is 4.74 Å². The summed E-state index contributed by atoms with van der Waals surface area (Å²) >= 11 is 11.5. The van der Waals surface area contributed by atoms with Crippen molar-refractivity contribution in [3.05, 3.63) is 76.6 Å². The van der Waals surface area contributed by atoms with Gasteiger partial charge in [-0.15, -0.1) is 0 Å². The number of aryl methyl sites for hydroxylation is 2. The molecule has 32 heavy (non-hydrogen) atoms. The second-order valence-electron chi connectivity index (χ2n) is 6.99. The fraction of sp³-hybridized carbons (Fsp3) is 0.217. The van der Waals surface area contributed by atoms with Crippen molar-refractivity contribution in [2.45, 2.75) is 20.3 Å². The maximum absolute atomic E-state index is 5.97. The number of halogens is 1. The first-order chi connectivity index (χ1) is 15.4. The number of rotatable bonds is 6. The molecule has 0 fully saturated rings. The molecule has 0 spiro atoms. The molecule has 7 nitrogen and oxygen atoms in total. The molecule has 3 aromatic rings. The molecule has 1 heterocycles. The summed E-state index contributed by atoms with van der Waals surface area (Å²) in [7, 11) is 1.61. The summed E-state index contributed by atoms with van der Waals surface area (Å²) in [5, 5.41) is 10.4. The number of benzene rings is 2. The normalized spacial score (nSPS) is 11.1. The summed E-state index contributed by atoms with van der Waals surface area (Å²) in [6, 6.07) is 17.1. The lowest BCUT2D eigenvalue weighted by Gasteiger charge is -2.15. The second kappa shape index (κ2) is 11.4. The summed E-state index contributed by atoms with van der Waals surface area (Å²) in [6.07, 6.45) is 0.741. The minimum Gasteiger partial charge on any atom is -0.495 e. The van der Waals surface area contributed by atoms with Gasteiger partial charge < -0.3 is 15.4 Å². The molecule has 0 unspecified atom stereocenters. The summed E-state index contributed by atoms with van der Waals surface area (Å²) < 4.78 is 5.37. The maximum atomic E-state index is 5.97. The first-order valence-corrected chi connectivity index (χ1v) is 10.8. The van der Waals surface area contributed by atoms with Crippen LogP contribution in [0.25, 0.3) is 0 Å². The molecule has 9 heteroatoms. The van der Waals surface area contributed by atoms with E-state index in [9.17, 15) is 0 Å². The van der Waals surface area contributed by atoms with Gasteiger partial charge in [-0.25, -0.2) is 9.97 Å². The number of anilines is 2. The lowest BCUT2D eigenvalue weighted by molar-refractivity contribution is 0.417. The highest BCUT2D eigenvalue weighted by molar-refractivity contribution is 7.80.